The van der Waals surface area contributed by atoms with Crippen LogP contribution in [0.2, 0.25) is 0 Å². The predicted molar refractivity (Wildman–Crippen MR) is 89.8 cm³/mol. The van der Waals surface area contributed by atoms with E-state index >= 15 is 0 Å². The first-order valence-electron chi connectivity index (χ1n) is 7.14. The molecule has 0 saturated heterocycles. The number of hydrogen-bond acceptors (Lipinski definition) is 4. The molecule has 2 heterocycles. The number of hydrogen-bond donors (Lipinski definition) is 0. The fourth-order valence-electron chi connectivity index (χ4n) is 2.38. The third-order valence-electron chi connectivity index (χ3n) is 3.32. The highest BCUT2D eigenvalue weighted by Crippen LogP contribution is 2.33. The lowest BCUT2D eigenvalue weighted by molar-refractivity contribution is 0.104. The van der Waals surface area contributed by atoms with Gasteiger partial charge in [-0.15, -0.1) is 11.3 Å². The third-order valence-corrected chi connectivity index (χ3v) is 5.56. The van der Waals surface area contributed by atoms with Crippen molar-refractivity contribution in [3.8, 4) is 5.75 Å². The molecule has 0 saturated carbocycles. The van der Waals surface area contributed by atoms with Crippen LogP contribution in [-0.4, -0.2) is 17.6 Å². The molecule has 4 heteroatoms. The fourth-order valence-corrected chi connectivity index (χ4v) is 4.72. The van der Waals surface area contributed by atoms with E-state index in [1.807, 2.05) is 49.9 Å². The van der Waals surface area contributed by atoms with Gasteiger partial charge in [0.2, 0.25) is 5.78 Å². The molecule has 0 amide bonds. The van der Waals surface area contributed by atoms with Crippen LogP contribution in [0.25, 0.3) is 0 Å². The molecular formula is C17H18O2S2. The number of aryl methyl sites for hydroxylation is 1. The second kappa shape index (κ2) is 6.24. The second-order valence-corrected chi connectivity index (χ2v) is 7.63. The van der Waals surface area contributed by atoms with Gasteiger partial charge in [0.05, 0.1) is 11.0 Å². The smallest absolute Gasteiger partial charge is 0.203 e. The first-order chi connectivity index (χ1) is 10.1. The molecule has 0 atom stereocenters. The van der Waals surface area contributed by atoms with Gasteiger partial charge in [0.25, 0.3) is 0 Å². The highest BCUT2D eigenvalue weighted by Gasteiger charge is 2.18. The molecule has 0 aliphatic carbocycles. The summed E-state index contributed by atoms with van der Waals surface area (Å²) in [5, 5.41) is 0. The van der Waals surface area contributed by atoms with Gasteiger partial charge in [-0.2, -0.15) is 11.8 Å². The molecule has 110 valence electrons. The number of carbonyl (C=O) groups excluding carboxylic acids is 1. The van der Waals surface area contributed by atoms with E-state index < -0.39 is 0 Å². The predicted octanol–water partition coefficient (Wildman–Crippen LogP) is 4.56. The SMILES string of the molecule is CC(C)Oc1cccc(C(=O)c2cc3c(s2)CCSC3)c1. The number of thioether (sulfide) groups is 1. The summed E-state index contributed by atoms with van der Waals surface area (Å²) < 4.78 is 5.67. The number of rotatable bonds is 4. The zero-order chi connectivity index (χ0) is 14.8. The molecule has 2 aromatic rings. The number of ketones is 1. The topological polar surface area (TPSA) is 26.3 Å². The van der Waals surface area contributed by atoms with Crippen LogP contribution < -0.4 is 4.74 Å². The molecule has 0 bridgehead atoms. The molecule has 1 aliphatic rings. The first kappa shape index (κ1) is 14.7. The Morgan fingerprint density at radius 2 is 2.14 bits per heavy atom. The normalized spacial score (nSPS) is 14.0. The average molecular weight is 318 g/mol. The quantitative estimate of drug-likeness (QED) is 0.773. The summed E-state index contributed by atoms with van der Waals surface area (Å²) in [6.45, 7) is 3.97. The second-order valence-electron chi connectivity index (χ2n) is 5.39. The molecule has 1 aromatic carbocycles. The molecule has 1 aromatic heterocycles. The minimum Gasteiger partial charge on any atom is -0.491 e. The zero-order valence-corrected chi connectivity index (χ0v) is 13.9. The fraction of sp³-hybridized carbons (Fsp3) is 0.353. The summed E-state index contributed by atoms with van der Waals surface area (Å²) in [5.41, 5.74) is 2.05. The Hall–Kier alpha value is -1.26. The van der Waals surface area contributed by atoms with Gasteiger partial charge < -0.3 is 4.74 Å². The Morgan fingerprint density at radius 1 is 1.29 bits per heavy atom. The summed E-state index contributed by atoms with van der Waals surface area (Å²) in [4.78, 5) is 14.9. The molecule has 0 radical (unpaired) electrons. The van der Waals surface area contributed by atoms with Crippen molar-refractivity contribution in [3.05, 3.63) is 51.2 Å². The van der Waals surface area contributed by atoms with E-state index in [4.69, 9.17) is 4.74 Å². The Kier molecular flexibility index (Phi) is 4.36. The van der Waals surface area contributed by atoms with E-state index in [9.17, 15) is 4.79 Å². The van der Waals surface area contributed by atoms with Crippen molar-refractivity contribution in [1.82, 2.24) is 0 Å². The number of thiophene rings is 1. The molecule has 0 N–H and O–H groups in total. The molecule has 2 nitrogen and oxygen atoms in total. The van der Waals surface area contributed by atoms with E-state index in [1.54, 1.807) is 11.3 Å². The van der Waals surface area contributed by atoms with Crippen LogP contribution in [0.4, 0.5) is 0 Å². The number of ether oxygens (including phenoxy) is 1. The molecule has 21 heavy (non-hydrogen) atoms. The minimum absolute atomic E-state index is 0.105. The van der Waals surface area contributed by atoms with Gasteiger partial charge in [0.15, 0.2) is 0 Å². The van der Waals surface area contributed by atoms with Crippen molar-refractivity contribution in [2.75, 3.05) is 5.75 Å². The van der Waals surface area contributed by atoms with E-state index in [2.05, 4.69) is 6.07 Å². The van der Waals surface area contributed by atoms with Gasteiger partial charge >= 0.3 is 0 Å². The van der Waals surface area contributed by atoms with Gasteiger partial charge in [0, 0.05) is 16.2 Å². The van der Waals surface area contributed by atoms with E-state index in [0.717, 1.165) is 22.8 Å². The van der Waals surface area contributed by atoms with E-state index in [-0.39, 0.29) is 11.9 Å². The van der Waals surface area contributed by atoms with Crippen LogP contribution in [-0.2, 0) is 12.2 Å². The van der Waals surface area contributed by atoms with Crippen molar-refractivity contribution in [2.45, 2.75) is 32.1 Å². The maximum Gasteiger partial charge on any atom is 0.203 e. The Morgan fingerprint density at radius 3 is 2.90 bits per heavy atom. The lowest BCUT2D eigenvalue weighted by Crippen LogP contribution is -2.06. The van der Waals surface area contributed by atoms with Crippen molar-refractivity contribution in [2.24, 2.45) is 0 Å². The van der Waals surface area contributed by atoms with Gasteiger partial charge in [-0.05, 0) is 49.8 Å². The van der Waals surface area contributed by atoms with Crippen molar-refractivity contribution in [1.29, 1.82) is 0 Å². The van der Waals surface area contributed by atoms with Gasteiger partial charge in [0.1, 0.15) is 5.75 Å². The summed E-state index contributed by atoms with van der Waals surface area (Å²) >= 11 is 3.60. The molecule has 0 spiro atoms. The van der Waals surface area contributed by atoms with Crippen LogP contribution in [0.15, 0.2) is 30.3 Å². The van der Waals surface area contributed by atoms with Gasteiger partial charge in [-0.25, -0.2) is 0 Å². The van der Waals surface area contributed by atoms with E-state index in [0.29, 0.717) is 5.56 Å². The van der Waals surface area contributed by atoms with Crippen LogP contribution in [0.3, 0.4) is 0 Å². The van der Waals surface area contributed by atoms with Gasteiger partial charge in [-0.1, -0.05) is 12.1 Å². The number of benzene rings is 1. The molecule has 1 aliphatic heterocycles. The molecule has 0 fully saturated rings. The van der Waals surface area contributed by atoms with Crippen LogP contribution in [0.5, 0.6) is 5.75 Å². The standard InChI is InChI=1S/C17H18O2S2/c1-11(2)19-14-5-3-4-12(8-14)17(18)16-9-13-10-20-7-6-15(13)21-16/h3-5,8-9,11H,6-7,10H2,1-2H3. The monoisotopic (exact) mass is 318 g/mol. The Bertz CT molecular complexity index is 635. The molecule has 0 unspecified atom stereocenters. The summed E-state index contributed by atoms with van der Waals surface area (Å²) in [6.07, 6.45) is 1.20. The molecule has 3 rings (SSSR count). The maximum atomic E-state index is 12.7. The van der Waals surface area contributed by atoms with Crippen molar-refractivity contribution < 1.29 is 9.53 Å². The van der Waals surface area contributed by atoms with Crippen LogP contribution >= 0.6 is 23.1 Å². The van der Waals surface area contributed by atoms with Crippen LogP contribution in [0, 0.1) is 0 Å². The average Bonchev–Trinajstić information content (AvgIpc) is 2.90. The Labute approximate surface area is 133 Å². The largest absolute Gasteiger partial charge is 0.491 e. The summed E-state index contributed by atoms with van der Waals surface area (Å²) in [5.74, 6) is 3.07. The third kappa shape index (κ3) is 3.33. The lowest BCUT2D eigenvalue weighted by Gasteiger charge is -2.10. The van der Waals surface area contributed by atoms with Crippen molar-refractivity contribution in [3.63, 3.8) is 0 Å². The minimum atomic E-state index is 0.105. The van der Waals surface area contributed by atoms with Crippen molar-refractivity contribution >= 4 is 28.9 Å². The first-order valence-corrected chi connectivity index (χ1v) is 9.11. The maximum absolute atomic E-state index is 12.7. The highest BCUT2D eigenvalue weighted by molar-refractivity contribution is 7.98. The lowest BCUT2D eigenvalue weighted by atomic mass is 10.1. The van der Waals surface area contributed by atoms with E-state index in [1.165, 1.54) is 16.2 Å². The summed E-state index contributed by atoms with van der Waals surface area (Å²) in [7, 11) is 0. The summed E-state index contributed by atoms with van der Waals surface area (Å²) in [6, 6.07) is 9.56. The van der Waals surface area contributed by atoms with Crippen LogP contribution in [0.1, 0.15) is 39.5 Å². The van der Waals surface area contributed by atoms with Gasteiger partial charge in [-0.3, -0.25) is 4.79 Å². The Balaban J connectivity index is 1.86. The number of fused-ring (bicyclic) bond motifs is 1. The molecular weight excluding hydrogens is 300 g/mol. The highest BCUT2D eigenvalue weighted by atomic mass is 32.2. The number of carbonyl (C=O) groups is 1. The zero-order valence-electron chi connectivity index (χ0n) is 12.2.